The summed E-state index contributed by atoms with van der Waals surface area (Å²) in [4.78, 5) is 0. The molecular formula is C17H14F3N3. The minimum Gasteiger partial charge on any atom is -0.278 e. The largest absolute Gasteiger partial charge is 0.452 e. The van der Waals surface area contributed by atoms with Gasteiger partial charge < -0.3 is 0 Å². The second kappa shape index (κ2) is 5.53. The molecule has 0 bridgehead atoms. The third-order valence-electron chi connectivity index (χ3n) is 3.76. The van der Waals surface area contributed by atoms with Crippen molar-refractivity contribution in [2.75, 3.05) is 0 Å². The highest BCUT2D eigenvalue weighted by atomic mass is 19.4. The molecule has 0 spiro atoms. The molecule has 0 N–H and O–H groups in total. The summed E-state index contributed by atoms with van der Waals surface area (Å²) in [6.07, 6.45) is -1.12. The highest BCUT2D eigenvalue weighted by Crippen LogP contribution is 2.29. The zero-order valence-electron chi connectivity index (χ0n) is 12.6. The Balaban J connectivity index is 2.06. The summed E-state index contributed by atoms with van der Waals surface area (Å²) in [6.45, 7) is 3.97. The summed E-state index contributed by atoms with van der Waals surface area (Å²) in [5.74, 6) is -1.02. The van der Waals surface area contributed by atoms with E-state index in [1.54, 1.807) is 6.07 Å². The van der Waals surface area contributed by atoms with Crippen LogP contribution in [0.5, 0.6) is 0 Å². The van der Waals surface area contributed by atoms with Crippen molar-refractivity contribution in [1.29, 1.82) is 0 Å². The molecule has 0 aliphatic carbocycles. The normalized spacial score (nSPS) is 12.8. The second-order valence-electron chi connectivity index (χ2n) is 5.22. The van der Waals surface area contributed by atoms with Gasteiger partial charge in [0.05, 0.1) is 0 Å². The van der Waals surface area contributed by atoms with Crippen LogP contribution in [0.4, 0.5) is 13.2 Å². The molecule has 3 nitrogen and oxygen atoms in total. The predicted molar refractivity (Wildman–Crippen MR) is 82.8 cm³/mol. The first-order valence-corrected chi connectivity index (χ1v) is 7.06. The van der Waals surface area contributed by atoms with Crippen molar-refractivity contribution < 1.29 is 13.2 Å². The van der Waals surface area contributed by atoms with E-state index in [2.05, 4.69) is 10.2 Å². The number of rotatable bonds is 2. The topological polar surface area (TPSA) is 30.2 Å². The van der Waals surface area contributed by atoms with Gasteiger partial charge in [0.1, 0.15) is 0 Å². The van der Waals surface area contributed by atoms with E-state index in [1.165, 1.54) is 12.3 Å². The Bertz CT molecular complexity index is 874. The van der Waals surface area contributed by atoms with E-state index in [1.807, 2.05) is 44.2 Å². The Morgan fingerprint density at radius 3 is 2.26 bits per heavy atom. The van der Waals surface area contributed by atoms with Crippen molar-refractivity contribution >= 4 is 11.2 Å². The van der Waals surface area contributed by atoms with Gasteiger partial charge in [-0.05, 0) is 48.2 Å². The minimum absolute atomic E-state index is 0.169. The van der Waals surface area contributed by atoms with Crippen molar-refractivity contribution in [2.24, 2.45) is 0 Å². The van der Waals surface area contributed by atoms with Gasteiger partial charge in [-0.25, -0.2) is 0 Å². The Morgan fingerprint density at radius 2 is 1.65 bits per heavy atom. The smallest absolute Gasteiger partial charge is 0.278 e. The van der Waals surface area contributed by atoms with Gasteiger partial charge in [0.2, 0.25) is 5.82 Å². The standard InChI is InChI=1S/C17H14F3N3/c1-3-11(2)12-4-6-13(7-5-12)14-8-9-15-21-22-16(17(18,19)20)23(15)10-14/h3-10H,1-2H3/b11-3+. The molecule has 2 aromatic heterocycles. The Kier molecular flexibility index (Phi) is 3.67. The molecule has 2 heterocycles. The summed E-state index contributed by atoms with van der Waals surface area (Å²) in [5.41, 5.74) is 3.90. The number of alkyl halides is 3. The maximum absolute atomic E-state index is 12.9. The van der Waals surface area contributed by atoms with E-state index in [0.717, 1.165) is 21.1 Å². The average Bonchev–Trinajstić information content (AvgIpc) is 2.97. The molecule has 0 aliphatic heterocycles. The fraction of sp³-hybridized carbons (Fsp3) is 0.176. The minimum atomic E-state index is -4.54. The van der Waals surface area contributed by atoms with Crippen LogP contribution in [0.1, 0.15) is 25.2 Å². The van der Waals surface area contributed by atoms with Crippen molar-refractivity contribution in [1.82, 2.24) is 14.6 Å². The molecule has 6 heteroatoms. The maximum atomic E-state index is 12.9. The molecule has 0 fully saturated rings. The van der Waals surface area contributed by atoms with E-state index in [0.29, 0.717) is 5.56 Å². The molecule has 118 valence electrons. The third-order valence-corrected chi connectivity index (χ3v) is 3.76. The number of allylic oxidation sites excluding steroid dienone is 2. The van der Waals surface area contributed by atoms with Crippen LogP contribution in [0.25, 0.3) is 22.3 Å². The zero-order valence-corrected chi connectivity index (χ0v) is 12.6. The predicted octanol–water partition coefficient (Wildman–Crippen LogP) is 4.84. The number of fused-ring (bicyclic) bond motifs is 1. The van der Waals surface area contributed by atoms with Gasteiger partial charge in [0, 0.05) is 6.20 Å². The summed E-state index contributed by atoms with van der Waals surface area (Å²) >= 11 is 0. The lowest BCUT2D eigenvalue weighted by molar-refractivity contribution is -0.145. The summed E-state index contributed by atoms with van der Waals surface area (Å²) < 4.78 is 39.8. The molecule has 0 atom stereocenters. The molecule has 0 saturated carbocycles. The first-order valence-electron chi connectivity index (χ1n) is 7.06. The SMILES string of the molecule is C/C=C(\C)c1ccc(-c2ccc3nnc(C(F)(F)F)n3c2)cc1. The number of hydrogen-bond acceptors (Lipinski definition) is 2. The Labute approximate surface area is 131 Å². The molecular weight excluding hydrogens is 303 g/mol. The summed E-state index contributed by atoms with van der Waals surface area (Å²) in [5, 5.41) is 6.78. The lowest BCUT2D eigenvalue weighted by Crippen LogP contribution is -2.10. The summed E-state index contributed by atoms with van der Waals surface area (Å²) in [6, 6.07) is 10.9. The van der Waals surface area contributed by atoms with Crippen LogP contribution in [0.2, 0.25) is 0 Å². The van der Waals surface area contributed by atoms with Gasteiger partial charge in [-0.3, -0.25) is 4.40 Å². The maximum Gasteiger partial charge on any atom is 0.452 e. The van der Waals surface area contributed by atoms with Gasteiger partial charge in [-0.1, -0.05) is 30.3 Å². The van der Waals surface area contributed by atoms with E-state index in [9.17, 15) is 13.2 Å². The van der Waals surface area contributed by atoms with Crippen LogP contribution in [-0.2, 0) is 6.18 Å². The van der Waals surface area contributed by atoms with Crippen LogP contribution in [-0.4, -0.2) is 14.6 Å². The number of benzene rings is 1. The van der Waals surface area contributed by atoms with Crippen LogP contribution in [0, 0.1) is 0 Å². The number of halogens is 3. The van der Waals surface area contributed by atoms with Crippen LogP contribution >= 0.6 is 0 Å². The fourth-order valence-electron chi connectivity index (χ4n) is 2.35. The van der Waals surface area contributed by atoms with Gasteiger partial charge >= 0.3 is 6.18 Å². The van der Waals surface area contributed by atoms with Gasteiger partial charge in [-0.15, -0.1) is 10.2 Å². The van der Waals surface area contributed by atoms with Crippen molar-refractivity contribution in [3.05, 3.63) is 60.1 Å². The van der Waals surface area contributed by atoms with Gasteiger partial charge in [0.15, 0.2) is 5.65 Å². The monoisotopic (exact) mass is 317 g/mol. The van der Waals surface area contributed by atoms with E-state index < -0.39 is 12.0 Å². The summed E-state index contributed by atoms with van der Waals surface area (Å²) in [7, 11) is 0. The Morgan fingerprint density at radius 1 is 1.00 bits per heavy atom. The second-order valence-corrected chi connectivity index (χ2v) is 5.22. The lowest BCUT2D eigenvalue weighted by atomic mass is 10.0. The van der Waals surface area contributed by atoms with E-state index in [-0.39, 0.29) is 5.65 Å². The first-order chi connectivity index (χ1) is 10.9. The number of aromatic nitrogens is 3. The van der Waals surface area contributed by atoms with Crippen LogP contribution in [0.15, 0.2) is 48.7 Å². The van der Waals surface area contributed by atoms with E-state index in [4.69, 9.17) is 0 Å². The van der Waals surface area contributed by atoms with Crippen LogP contribution in [0.3, 0.4) is 0 Å². The molecule has 23 heavy (non-hydrogen) atoms. The van der Waals surface area contributed by atoms with Crippen molar-refractivity contribution in [2.45, 2.75) is 20.0 Å². The third kappa shape index (κ3) is 2.84. The number of nitrogens with zero attached hydrogens (tertiary/aromatic N) is 3. The lowest BCUT2D eigenvalue weighted by Gasteiger charge is -2.07. The highest BCUT2D eigenvalue weighted by Gasteiger charge is 2.36. The molecule has 0 radical (unpaired) electrons. The number of hydrogen-bond donors (Lipinski definition) is 0. The molecule has 0 amide bonds. The first kappa shape index (κ1) is 15.3. The van der Waals surface area contributed by atoms with Gasteiger partial charge in [0.25, 0.3) is 0 Å². The molecule has 0 unspecified atom stereocenters. The molecule has 3 rings (SSSR count). The van der Waals surface area contributed by atoms with Gasteiger partial charge in [-0.2, -0.15) is 13.2 Å². The average molecular weight is 317 g/mol. The van der Waals surface area contributed by atoms with Crippen molar-refractivity contribution in [3.63, 3.8) is 0 Å². The fourth-order valence-corrected chi connectivity index (χ4v) is 2.35. The molecule has 3 aromatic rings. The van der Waals surface area contributed by atoms with Crippen LogP contribution < -0.4 is 0 Å². The van der Waals surface area contributed by atoms with Crippen molar-refractivity contribution in [3.8, 4) is 11.1 Å². The highest BCUT2D eigenvalue weighted by molar-refractivity contribution is 5.69. The quantitative estimate of drug-likeness (QED) is 0.677. The molecule has 0 aliphatic rings. The van der Waals surface area contributed by atoms with E-state index >= 15 is 0 Å². The zero-order chi connectivity index (χ0) is 16.6. The molecule has 0 saturated heterocycles. The Hall–Kier alpha value is -2.63. The molecule has 1 aromatic carbocycles. The number of pyridine rings is 1.